The summed E-state index contributed by atoms with van der Waals surface area (Å²) in [5.74, 6) is -1.68. The van der Waals surface area contributed by atoms with Crippen LogP contribution in [0.4, 0.5) is 20.2 Å². The van der Waals surface area contributed by atoms with Crippen molar-refractivity contribution >= 4 is 28.3 Å². The van der Waals surface area contributed by atoms with Gasteiger partial charge in [-0.15, -0.1) is 0 Å². The molecule has 0 unspecified atom stereocenters. The first-order valence-electron chi connectivity index (χ1n) is 12.5. The minimum absolute atomic E-state index is 0.159. The summed E-state index contributed by atoms with van der Waals surface area (Å²) in [5, 5.41) is 10.3. The van der Waals surface area contributed by atoms with Crippen LogP contribution in [0.1, 0.15) is 29.2 Å². The Morgan fingerprint density at radius 3 is 2.55 bits per heavy atom. The lowest BCUT2D eigenvalue weighted by Gasteiger charge is -2.50. The summed E-state index contributed by atoms with van der Waals surface area (Å²) >= 11 is 0. The number of rotatable bonds is 4. The fraction of sp³-hybridized carbons (Fsp3) is 0.333. The molecular weight excluding hydrogens is 492 g/mol. The van der Waals surface area contributed by atoms with Crippen molar-refractivity contribution in [2.24, 2.45) is 12.5 Å². The maximum Gasteiger partial charge on any atom is 0.276 e. The molecule has 1 amide bonds. The molecule has 196 valence electrons. The lowest BCUT2D eigenvalue weighted by Crippen LogP contribution is -2.61. The predicted molar refractivity (Wildman–Crippen MR) is 140 cm³/mol. The van der Waals surface area contributed by atoms with Crippen molar-refractivity contribution in [1.82, 2.24) is 24.6 Å². The first-order valence-corrected chi connectivity index (χ1v) is 12.5. The number of hydrogen-bond acceptors (Lipinski definition) is 6. The summed E-state index contributed by atoms with van der Waals surface area (Å²) in [5.41, 5.74) is 1.78. The largest absolute Gasteiger partial charge is 0.367 e. The van der Waals surface area contributed by atoms with Gasteiger partial charge in [-0.25, -0.2) is 13.8 Å². The summed E-state index contributed by atoms with van der Waals surface area (Å²) in [6.07, 6.45) is 2.17. The third-order valence-corrected chi connectivity index (χ3v) is 7.66. The molecule has 2 aliphatic heterocycles. The topological polar surface area (TPSA) is 97.1 Å². The van der Waals surface area contributed by atoms with Crippen LogP contribution in [0.15, 0.2) is 47.3 Å². The van der Waals surface area contributed by atoms with E-state index in [1.54, 1.807) is 0 Å². The highest BCUT2D eigenvalue weighted by Gasteiger charge is 2.41. The van der Waals surface area contributed by atoms with Crippen molar-refractivity contribution < 1.29 is 13.6 Å². The fourth-order valence-electron chi connectivity index (χ4n) is 5.52. The molecule has 0 saturated carbocycles. The maximum atomic E-state index is 14.4. The molecule has 2 aromatic heterocycles. The molecule has 4 heterocycles. The third kappa shape index (κ3) is 3.94. The number of benzene rings is 2. The van der Waals surface area contributed by atoms with E-state index in [1.807, 2.05) is 30.7 Å². The molecule has 2 fully saturated rings. The number of imidazole rings is 1. The highest BCUT2D eigenvalue weighted by molar-refractivity contribution is 6.08. The van der Waals surface area contributed by atoms with Crippen LogP contribution in [0.5, 0.6) is 0 Å². The third-order valence-electron chi connectivity index (χ3n) is 7.66. The lowest BCUT2D eigenvalue weighted by molar-refractivity contribution is 0.102. The number of para-hydroxylation sites is 1. The van der Waals surface area contributed by atoms with Crippen LogP contribution in [0, 0.1) is 24.0 Å². The number of piperidine rings is 1. The number of hydrogen-bond donors (Lipinski definition) is 2. The van der Waals surface area contributed by atoms with E-state index >= 15 is 0 Å². The van der Waals surface area contributed by atoms with Crippen LogP contribution < -0.4 is 21.1 Å². The summed E-state index contributed by atoms with van der Waals surface area (Å²) in [7, 11) is 1.95. The second-order valence-electron chi connectivity index (χ2n) is 10.2. The van der Waals surface area contributed by atoms with Gasteiger partial charge in [-0.1, -0.05) is 6.07 Å². The van der Waals surface area contributed by atoms with E-state index < -0.39 is 28.8 Å². The first kappa shape index (κ1) is 24.2. The summed E-state index contributed by atoms with van der Waals surface area (Å²) in [6, 6.07) is 9.30. The van der Waals surface area contributed by atoms with Crippen molar-refractivity contribution in [3.8, 4) is 5.69 Å². The van der Waals surface area contributed by atoms with Gasteiger partial charge >= 0.3 is 0 Å². The van der Waals surface area contributed by atoms with Gasteiger partial charge in [-0.2, -0.15) is 9.78 Å². The normalized spacial score (nSPS) is 16.6. The molecule has 6 rings (SSSR count). The van der Waals surface area contributed by atoms with Crippen LogP contribution >= 0.6 is 0 Å². The first-order chi connectivity index (χ1) is 18.3. The maximum absolute atomic E-state index is 14.4. The van der Waals surface area contributed by atoms with Gasteiger partial charge in [0.1, 0.15) is 22.7 Å². The van der Waals surface area contributed by atoms with Gasteiger partial charge in [0.2, 0.25) is 0 Å². The highest BCUT2D eigenvalue weighted by Crippen LogP contribution is 2.41. The number of aryl methyl sites for hydroxylation is 2. The zero-order chi connectivity index (χ0) is 26.6. The van der Waals surface area contributed by atoms with Crippen molar-refractivity contribution in [1.29, 1.82) is 0 Å². The van der Waals surface area contributed by atoms with Gasteiger partial charge in [-0.05, 0) is 50.1 Å². The van der Waals surface area contributed by atoms with E-state index in [1.165, 1.54) is 12.1 Å². The Morgan fingerprint density at radius 1 is 1.08 bits per heavy atom. The predicted octanol–water partition coefficient (Wildman–Crippen LogP) is 3.15. The monoisotopic (exact) mass is 519 g/mol. The van der Waals surface area contributed by atoms with Gasteiger partial charge in [0.15, 0.2) is 11.6 Å². The summed E-state index contributed by atoms with van der Waals surface area (Å²) in [6.45, 7) is 5.52. The SMILES string of the molecule is Cc1nc2c(N3CCCC4(CNC4)C3)c(NC(=O)c3ccc(=O)n(-c4c(F)cccc4F)n3)ccc2n1C. The number of fused-ring (bicyclic) bond motifs is 1. The molecule has 38 heavy (non-hydrogen) atoms. The molecule has 9 nitrogen and oxygen atoms in total. The molecule has 0 radical (unpaired) electrons. The molecule has 2 aromatic carbocycles. The van der Waals surface area contributed by atoms with Gasteiger partial charge in [0.25, 0.3) is 11.5 Å². The lowest BCUT2D eigenvalue weighted by atomic mass is 9.75. The number of carbonyl (C=O) groups excluding carboxylic acids is 1. The van der Waals surface area contributed by atoms with E-state index in [2.05, 4.69) is 20.6 Å². The average Bonchev–Trinajstić information content (AvgIpc) is 3.17. The number of aromatic nitrogens is 4. The van der Waals surface area contributed by atoms with E-state index in [0.717, 1.165) is 79.8 Å². The standard InChI is InChI=1S/C27H27F2N7O2/c1-16-31-23-21(34(16)2)9-7-19(25(23)35-12-4-11-27(15-35)13-30-14-27)32-26(38)20-8-10-22(37)36(33-20)24-17(28)5-3-6-18(24)29/h3,5-10,30H,4,11-15H2,1-2H3,(H,32,38). The summed E-state index contributed by atoms with van der Waals surface area (Å²) in [4.78, 5) is 32.9. The quantitative estimate of drug-likeness (QED) is 0.430. The highest BCUT2D eigenvalue weighted by atomic mass is 19.1. The number of nitrogens with one attached hydrogen (secondary N) is 2. The molecule has 2 aliphatic rings. The molecule has 1 spiro atoms. The molecule has 4 aromatic rings. The molecule has 0 aliphatic carbocycles. The summed E-state index contributed by atoms with van der Waals surface area (Å²) < 4.78 is 31.3. The Bertz CT molecular complexity index is 1620. The minimum atomic E-state index is -0.958. The van der Waals surface area contributed by atoms with Gasteiger partial charge < -0.3 is 20.1 Å². The Kier molecular flexibility index (Phi) is 5.75. The van der Waals surface area contributed by atoms with E-state index in [-0.39, 0.29) is 11.1 Å². The molecule has 2 saturated heterocycles. The van der Waals surface area contributed by atoms with Gasteiger partial charge in [0, 0.05) is 44.7 Å². The molecule has 0 atom stereocenters. The Morgan fingerprint density at radius 2 is 1.84 bits per heavy atom. The molecule has 11 heteroatoms. The zero-order valence-corrected chi connectivity index (χ0v) is 21.1. The number of nitrogens with zero attached hydrogens (tertiary/aromatic N) is 5. The average molecular weight is 520 g/mol. The number of carbonyl (C=O) groups is 1. The molecule has 0 bridgehead atoms. The van der Waals surface area contributed by atoms with Crippen LogP contribution in [0.3, 0.4) is 0 Å². The van der Waals surface area contributed by atoms with Gasteiger partial charge in [0.05, 0.1) is 16.9 Å². The number of halogens is 2. The zero-order valence-electron chi connectivity index (χ0n) is 21.1. The van der Waals surface area contributed by atoms with Crippen molar-refractivity contribution in [2.75, 3.05) is 36.4 Å². The number of amides is 1. The second-order valence-corrected chi connectivity index (χ2v) is 10.2. The van der Waals surface area contributed by atoms with Crippen LogP contribution in [-0.2, 0) is 7.05 Å². The Labute approximate surface area is 217 Å². The van der Waals surface area contributed by atoms with E-state index in [9.17, 15) is 18.4 Å². The fourth-order valence-corrected chi connectivity index (χ4v) is 5.52. The van der Waals surface area contributed by atoms with Crippen LogP contribution in [0.25, 0.3) is 16.7 Å². The molecular formula is C27H27F2N7O2. The van der Waals surface area contributed by atoms with Gasteiger partial charge in [-0.3, -0.25) is 9.59 Å². The van der Waals surface area contributed by atoms with Crippen LogP contribution in [0.2, 0.25) is 0 Å². The minimum Gasteiger partial charge on any atom is -0.367 e. The second kappa shape index (κ2) is 9.02. The van der Waals surface area contributed by atoms with Crippen molar-refractivity contribution in [3.63, 3.8) is 0 Å². The Balaban J connectivity index is 1.40. The van der Waals surface area contributed by atoms with E-state index in [0.29, 0.717) is 10.4 Å². The smallest absolute Gasteiger partial charge is 0.276 e. The number of anilines is 2. The van der Waals surface area contributed by atoms with Crippen molar-refractivity contribution in [2.45, 2.75) is 19.8 Å². The van der Waals surface area contributed by atoms with Crippen LogP contribution in [-0.4, -0.2) is 51.4 Å². The Hall–Kier alpha value is -4.12. The van der Waals surface area contributed by atoms with E-state index in [4.69, 9.17) is 4.98 Å². The molecule has 2 N–H and O–H groups in total. The van der Waals surface area contributed by atoms with Crippen molar-refractivity contribution in [3.05, 3.63) is 76.0 Å².